The van der Waals surface area contributed by atoms with Gasteiger partial charge in [0.15, 0.2) is 23.3 Å². The highest BCUT2D eigenvalue weighted by Gasteiger charge is 2.46. The predicted octanol–water partition coefficient (Wildman–Crippen LogP) is 3.40. The molecule has 2 N–H and O–H groups in total. The van der Waals surface area contributed by atoms with E-state index in [2.05, 4.69) is 5.73 Å². The van der Waals surface area contributed by atoms with E-state index < -0.39 is 46.9 Å². The molecule has 1 aromatic rings. The fraction of sp³-hybridized carbons (Fsp3) is 0.250. The average molecular weight is 265 g/mol. The van der Waals surface area contributed by atoms with Crippen LogP contribution in [-0.4, -0.2) is 6.18 Å². The summed E-state index contributed by atoms with van der Waals surface area (Å²) in [6, 6.07) is 0. The molecule has 0 amide bonds. The highest BCUT2D eigenvalue weighted by atomic mass is 19.4. The molecule has 96 valence electrons. The third kappa shape index (κ3) is 2.13. The van der Waals surface area contributed by atoms with Gasteiger partial charge in [0.05, 0.1) is 5.56 Å². The van der Waals surface area contributed by atoms with Crippen LogP contribution in [0.2, 0.25) is 0 Å². The highest BCUT2D eigenvalue weighted by molar-refractivity contribution is 5.46. The maximum absolute atomic E-state index is 12.9. The van der Waals surface area contributed by atoms with Gasteiger partial charge < -0.3 is 5.73 Å². The second kappa shape index (κ2) is 4.04. The lowest BCUT2D eigenvalue weighted by Crippen LogP contribution is -2.21. The Morgan fingerprint density at radius 1 is 0.824 bits per heavy atom. The molecule has 1 atom stereocenters. The van der Waals surface area contributed by atoms with Gasteiger partial charge in [0, 0.05) is 0 Å². The van der Waals surface area contributed by atoms with Crippen LogP contribution in [0.1, 0.15) is 11.7 Å². The van der Waals surface area contributed by atoms with Gasteiger partial charge in [0.2, 0.25) is 6.17 Å². The van der Waals surface area contributed by atoms with Crippen molar-refractivity contribution in [1.29, 1.82) is 0 Å². The van der Waals surface area contributed by atoms with Crippen LogP contribution in [0.5, 0.6) is 0 Å². The average Bonchev–Trinajstić information content (AvgIpc) is 2.22. The molecule has 0 aliphatic heterocycles. The molecule has 1 rings (SSSR count). The number of benzene rings is 1. The number of nitrogen functional groups attached to an aromatic ring is 1. The van der Waals surface area contributed by atoms with Crippen LogP contribution in [0.3, 0.4) is 0 Å². The van der Waals surface area contributed by atoms with Gasteiger partial charge in [-0.2, -0.15) is 13.2 Å². The first-order valence-corrected chi connectivity index (χ1v) is 3.91. The van der Waals surface area contributed by atoms with Gasteiger partial charge in [0.1, 0.15) is 5.69 Å². The number of anilines is 1. The lowest BCUT2D eigenvalue weighted by Gasteiger charge is -2.15. The van der Waals surface area contributed by atoms with E-state index in [1.807, 2.05) is 0 Å². The highest BCUT2D eigenvalue weighted by Crippen LogP contribution is 2.40. The van der Waals surface area contributed by atoms with Crippen LogP contribution in [-0.2, 0) is 0 Å². The summed E-state index contributed by atoms with van der Waals surface area (Å²) in [5.41, 5.74) is 0.486. The van der Waals surface area contributed by atoms with E-state index >= 15 is 0 Å². The van der Waals surface area contributed by atoms with Gasteiger partial charge in [0.25, 0.3) is 0 Å². The number of nitrogens with two attached hydrogens (primary N) is 1. The third-order valence-corrected chi connectivity index (χ3v) is 1.87. The van der Waals surface area contributed by atoms with Crippen molar-refractivity contribution in [1.82, 2.24) is 0 Å². The van der Waals surface area contributed by atoms with Crippen LogP contribution in [0, 0.1) is 23.3 Å². The standard InChI is InChI=1S/C8H3F8N/c9-2-1(7(13)8(14,15)16)3(10)5(12)6(17)4(2)11/h7H,17H2. The summed E-state index contributed by atoms with van der Waals surface area (Å²) in [5, 5.41) is 0. The summed E-state index contributed by atoms with van der Waals surface area (Å²) in [4.78, 5) is 0. The quantitative estimate of drug-likeness (QED) is 0.470. The minimum Gasteiger partial charge on any atom is -0.394 e. The molecule has 1 unspecified atom stereocenters. The Balaban J connectivity index is 3.55. The van der Waals surface area contributed by atoms with Crippen LogP contribution in [0.25, 0.3) is 0 Å². The second-order valence-corrected chi connectivity index (χ2v) is 2.99. The Hall–Kier alpha value is -1.54. The second-order valence-electron chi connectivity index (χ2n) is 2.99. The summed E-state index contributed by atoms with van der Waals surface area (Å²) in [5.74, 6) is -9.56. The number of halogens is 8. The van der Waals surface area contributed by atoms with E-state index in [-0.39, 0.29) is 0 Å². The van der Waals surface area contributed by atoms with E-state index in [0.717, 1.165) is 0 Å². The number of alkyl halides is 4. The van der Waals surface area contributed by atoms with Crippen molar-refractivity contribution in [2.75, 3.05) is 5.73 Å². The number of rotatable bonds is 1. The maximum atomic E-state index is 12.9. The molecule has 0 bridgehead atoms. The molecule has 0 heterocycles. The molecular formula is C8H3F8N. The molecule has 17 heavy (non-hydrogen) atoms. The Morgan fingerprint density at radius 2 is 1.18 bits per heavy atom. The van der Waals surface area contributed by atoms with Gasteiger partial charge in [-0.3, -0.25) is 0 Å². The summed E-state index contributed by atoms with van der Waals surface area (Å²) >= 11 is 0. The van der Waals surface area contributed by atoms with Gasteiger partial charge in [-0.15, -0.1) is 0 Å². The van der Waals surface area contributed by atoms with Gasteiger partial charge in [-0.05, 0) is 0 Å². The zero-order chi connectivity index (χ0) is 13.5. The van der Waals surface area contributed by atoms with E-state index in [1.165, 1.54) is 0 Å². The van der Waals surface area contributed by atoms with Gasteiger partial charge in [-0.25, -0.2) is 22.0 Å². The number of hydrogen-bond donors (Lipinski definition) is 1. The molecule has 1 nitrogen and oxygen atoms in total. The van der Waals surface area contributed by atoms with Crippen molar-refractivity contribution in [3.8, 4) is 0 Å². The first-order chi connectivity index (χ1) is 7.59. The summed E-state index contributed by atoms with van der Waals surface area (Å²) < 4.78 is 99.5. The molecule has 0 saturated heterocycles. The molecule has 0 fully saturated rings. The summed E-state index contributed by atoms with van der Waals surface area (Å²) in [6.45, 7) is 0. The zero-order valence-corrected chi connectivity index (χ0v) is 7.68. The van der Waals surface area contributed by atoms with Crippen molar-refractivity contribution in [2.45, 2.75) is 12.3 Å². The van der Waals surface area contributed by atoms with Crippen molar-refractivity contribution < 1.29 is 35.1 Å². The number of hydrogen-bond acceptors (Lipinski definition) is 1. The molecule has 0 saturated carbocycles. The Bertz CT molecular complexity index is 423. The lowest BCUT2D eigenvalue weighted by molar-refractivity contribution is -0.184. The summed E-state index contributed by atoms with van der Waals surface area (Å²) in [6.07, 6.45) is -9.89. The van der Waals surface area contributed by atoms with Gasteiger partial charge >= 0.3 is 6.18 Å². The molecule has 0 radical (unpaired) electrons. The molecular weight excluding hydrogens is 262 g/mol. The largest absolute Gasteiger partial charge is 0.424 e. The Kier molecular flexibility index (Phi) is 3.22. The van der Waals surface area contributed by atoms with Crippen LogP contribution in [0.15, 0.2) is 0 Å². The van der Waals surface area contributed by atoms with Crippen molar-refractivity contribution in [2.24, 2.45) is 0 Å². The van der Waals surface area contributed by atoms with Crippen LogP contribution < -0.4 is 5.73 Å². The van der Waals surface area contributed by atoms with Crippen molar-refractivity contribution in [3.05, 3.63) is 28.8 Å². The molecule has 0 aliphatic carbocycles. The zero-order valence-electron chi connectivity index (χ0n) is 7.68. The monoisotopic (exact) mass is 265 g/mol. The summed E-state index contributed by atoms with van der Waals surface area (Å²) in [7, 11) is 0. The first-order valence-electron chi connectivity index (χ1n) is 3.91. The minimum atomic E-state index is -5.70. The van der Waals surface area contributed by atoms with Crippen LogP contribution >= 0.6 is 0 Å². The lowest BCUT2D eigenvalue weighted by atomic mass is 10.1. The van der Waals surface area contributed by atoms with Crippen molar-refractivity contribution in [3.63, 3.8) is 0 Å². The van der Waals surface area contributed by atoms with Gasteiger partial charge in [-0.1, -0.05) is 0 Å². The van der Waals surface area contributed by atoms with Crippen molar-refractivity contribution >= 4 is 5.69 Å². The predicted molar refractivity (Wildman–Crippen MR) is 40.6 cm³/mol. The smallest absolute Gasteiger partial charge is 0.394 e. The maximum Gasteiger partial charge on any atom is 0.424 e. The fourth-order valence-electron chi connectivity index (χ4n) is 1.05. The topological polar surface area (TPSA) is 26.0 Å². The molecule has 1 aromatic carbocycles. The normalized spacial score (nSPS) is 13.9. The molecule has 0 spiro atoms. The molecule has 0 aromatic heterocycles. The Labute approximate surface area is 88.8 Å². The fourth-order valence-corrected chi connectivity index (χ4v) is 1.05. The molecule has 9 heteroatoms. The SMILES string of the molecule is Nc1c(F)c(F)c(C(F)C(F)(F)F)c(F)c1F. The van der Waals surface area contributed by atoms with E-state index in [9.17, 15) is 35.1 Å². The van der Waals surface area contributed by atoms with E-state index in [1.54, 1.807) is 0 Å². The van der Waals surface area contributed by atoms with E-state index in [0.29, 0.717) is 0 Å². The first kappa shape index (κ1) is 13.5. The Morgan fingerprint density at radius 3 is 1.47 bits per heavy atom. The van der Waals surface area contributed by atoms with Crippen LogP contribution in [0.4, 0.5) is 40.8 Å². The van der Waals surface area contributed by atoms with E-state index in [4.69, 9.17) is 0 Å². The molecule has 0 aliphatic rings. The third-order valence-electron chi connectivity index (χ3n) is 1.87. The minimum absolute atomic E-state index is 1.65.